The molecule has 3 aromatic rings. The first-order chi connectivity index (χ1) is 20.5. The van der Waals surface area contributed by atoms with Gasteiger partial charge in [-0.3, -0.25) is 4.79 Å². The normalized spacial score (nSPS) is 14.7. The second-order valence-corrected chi connectivity index (χ2v) is 9.55. The van der Waals surface area contributed by atoms with E-state index in [1.165, 1.54) is 43.4 Å². The van der Waals surface area contributed by atoms with Crippen molar-refractivity contribution in [2.45, 2.75) is 18.6 Å². The summed E-state index contributed by atoms with van der Waals surface area (Å²) in [5, 5.41) is 8.36. The van der Waals surface area contributed by atoms with Crippen LogP contribution >= 0.6 is 0 Å². The summed E-state index contributed by atoms with van der Waals surface area (Å²) >= 11 is 0. The van der Waals surface area contributed by atoms with E-state index in [4.69, 9.17) is 14.2 Å². The number of nitrogens with zero attached hydrogens (tertiary/aromatic N) is 3. The molecule has 3 aromatic carbocycles. The quantitative estimate of drug-likeness (QED) is 0.300. The number of alkyl halides is 3. The standard InChI is InChI=1S/C30H30F4N4O5/c1-41-15-14-37(29(40)35-23-11-7-21(8-12-23)30(32,33)34)18-28(39)38-25(20-6-13-26(42-2)27(16-20)43-3)17-24(36-38)19-4-9-22(31)10-5-19/h4-13,16,25H,14-15,17-18H2,1-3H3,(H,35,40). The Bertz CT molecular complexity index is 1460. The van der Waals surface area contributed by atoms with E-state index in [-0.39, 0.29) is 18.8 Å². The highest BCUT2D eigenvalue weighted by molar-refractivity contribution is 6.03. The van der Waals surface area contributed by atoms with Crippen LogP contribution in [0, 0.1) is 5.82 Å². The number of carbonyl (C=O) groups excluding carboxylic acids is 2. The van der Waals surface area contributed by atoms with Crippen LogP contribution in [0.2, 0.25) is 0 Å². The van der Waals surface area contributed by atoms with E-state index in [2.05, 4.69) is 10.4 Å². The van der Waals surface area contributed by atoms with Crippen molar-refractivity contribution in [1.29, 1.82) is 0 Å². The summed E-state index contributed by atoms with van der Waals surface area (Å²) in [4.78, 5) is 28.1. The Kier molecular flexibility index (Phi) is 9.86. The largest absolute Gasteiger partial charge is 0.493 e. The smallest absolute Gasteiger partial charge is 0.416 e. The van der Waals surface area contributed by atoms with E-state index in [0.717, 1.165) is 24.3 Å². The number of ether oxygens (including phenoxy) is 3. The lowest BCUT2D eigenvalue weighted by molar-refractivity contribution is -0.137. The van der Waals surface area contributed by atoms with E-state index < -0.39 is 42.1 Å². The molecule has 43 heavy (non-hydrogen) atoms. The summed E-state index contributed by atoms with van der Waals surface area (Å²) in [6, 6.07) is 13.6. The van der Waals surface area contributed by atoms with E-state index in [9.17, 15) is 27.2 Å². The fourth-order valence-corrected chi connectivity index (χ4v) is 4.51. The van der Waals surface area contributed by atoms with Gasteiger partial charge in [0.15, 0.2) is 11.5 Å². The number of amides is 3. The predicted octanol–water partition coefficient (Wildman–Crippen LogP) is 5.72. The Labute approximate surface area is 245 Å². The minimum atomic E-state index is -4.52. The zero-order valence-electron chi connectivity index (χ0n) is 23.7. The molecule has 0 aromatic heterocycles. The van der Waals surface area contributed by atoms with Crippen LogP contribution in [0.5, 0.6) is 11.5 Å². The number of hydrogen-bond donors (Lipinski definition) is 1. The fourth-order valence-electron chi connectivity index (χ4n) is 4.51. The number of urea groups is 1. The first-order valence-electron chi connectivity index (χ1n) is 13.1. The summed E-state index contributed by atoms with van der Waals surface area (Å²) in [7, 11) is 4.42. The van der Waals surface area contributed by atoms with Crippen LogP contribution in [0.4, 0.5) is 28.0 Å². The molecule has 1 aliphatic rings. The highest BCUT2D eigenvalue weighted by Crippen LogP contribution is 2.37. The molecule has 0 saturated heterocycles. The summed E-state index contributed by atoms with van der Waals surface area (Å²) in [5.41, 5.74) is 1.10. The number of carbonyl (C=O) groups is 2. The zero-order chi connectivity index (χ0) is 31.1. The van der Waals surface area contributed by atoms with Gasteiger partial charge in [-0.05, 0) is 59.7 Å². The van der Waals surface area contributed by atoms with Gasteiger partial charge in [-0.25, -0.2) is 14.2 Å². The van der Waals surface area contributed by atoms with Gasteiger partial charge in [-0.2, -0.15) is 18.3 Å². The van der Waals surface area contributed by atoms with Crippen molar-refractivity contribution in [2.75, 3.05) is 46.3 Å². The van der Waals surface area contributed by atoms with Gasteiger partial charge in [0.25, 0.3) is 5.91 Å². The number of methoxy groups -OCH3 is 3. The highest BCUT2D eigenvalue weighted by atomic mass is 19.4. The molecule has 228 valence electrons. The SMILES string of the molecule is COCCN(CC(=O)N1N=C(c2ccc(F)cc2)CC1c1ccc(OC)c(OC)c1)C(=O)Nc1ccc(C(F)(F)F)cc1. The molecule has 3 amide bonds. The van der Waals surface area contributed by atoms with Crippen molar-refractivity contribution in [2.24, 2.45) is 5.10 Å². The average molecular weight is 603 g/mol. The van der Waals surface area contributed by atoms with E-state index >= 15 is 0 Å². The van der Waals surface area contributed by atoms with E-state index in [0.29, 0.717) is 34.8 Å². The molecule has 0 spiro atoms. The molecule has 0 aliphatic carbocycles. The summed E-state index contributed by atoms with van der Waals surface area (Å²) in [6.45, 7) is -0.311. The number of hydrazone groups is 1. The molecule has 1 N–H and O–H groups in total. The third kappa shape index (κ3) is 7.60. The number of rotatable bonds is 10. The van der Waals surface area contributed by atoms with Crippen LogP contribution in [-0.2, 0) is 15.7 Å². The lowest BCUT2D eigenvalue weighted by Gasteiger charge is -2.27. The van der Waals surface area contributed by atoms with Crippen molar-refractivity contribution < 1.29 is 41.4 Å². The molecular weight excluding hydrogens is 572 g/mol. The monoisotopic (exact) mass is 602 g/mol. The molecule has 13 heteroatoms. The Hall–Kier alpha value is -4.65. The second-order valence-electron chi connectivity index (χ2n) is 9.55. The first-order valence-corrected chi connectivity index (χ1v) is 13.1. The molecule has 0 fully saturated rings. The average Bonchev–Trinajstić information content (AvgIpc) is 3.44. The van der Waals surface area contributed by atoms with Gasteiger partial charge in [-0.15, -0.1) is 0 Å². The first kappa shape index (κ1) is 31.3. The molecule has 1 atom stereocenters. The van der Waals surface area contributed by atoms with Crippen LogP contribution in [0.15, 0.2) is 71.8 Å². The highest BCUT2D eigenvalue weighted by Gasteiger charge is 2.35. The maximum absolute atomic E-state index is 13.7. The lowest BCUT2D eigenvalue weighted by Crippen LogP contribution is -2.44. The van der Waals surface area contributed by atoms with Crippen LogP contribution in [0.3, 0.4) is 0 Å². The Morgan fingerprint density at radius 1 is 0.977 bits per heavy atom. The third-order valence-corrected chi connectivity index (χ3v) is 6.78. The molecule has 1 heterocycles. The number of hydrogen-bond acceptors (Lipinski definition) is 6. The lowest BCUT2D eigenvalue weighted by atomic mass is 9.98. The molecule has 0 bridgehead atoms. The summed E-state index contributed by atoms with van der Waals surface area (Å²) < 4.78 is 68.3. The Balaban J connectivity index is 1.60. The van der Waals surface area contributed by atoms with E-state index in [1.54, 1.807) is 30.3 Å². The van der Waals surface area contributed by atoms with Crippen molar-refractivity contribution in [1.82, 2.24) is 9.91 Å². The van der Waals surface area contributed by atoms with Crippen LogP contribution in [-0.4, -0.2) is 68.6 Å². The van der Waals surface area contributed by atoms with Crippen LogP contribution in [0.25, 0.3) is 0 Å². The molecule has 0 radical (unpaired) electrons. The molecule has 9 nitrogen and oxygen atoms in total. The topological polar surface area (TPSA) is 92.7 Å². The van der Waals surface area contributed by atoms with Gasteiger partial charge in [0.1, 0.15) is 12.4 Å². The summed E-state index contributed by atoms with van der Waals surface area (Å²) in [6.07, 6.45) is -4.23. The van der Waals surface area contributed by atoms with Crippen molar-refractivity contribution in [3.63, 3.8) is 0 Å². The molecule has 1 unspecified atom stereocenters. The fraction of sp³-hybridized carbons (Fsp3) is 0.300. The molecular formula is C30H30F4N4O5. The second kappa shape index (κ2) is 13.6. The van der Waals surface area contributed by atoms with Gasteiger partial charge in [0.2, 0.25) is 0 Å². The van der Waals surface area contributed by atoms with Crippen molar-refractivity contribution >= 4 is 23.3 Å². The molecule has 4 rings (SSSR count). The van der Waals surface area contributed by atoms with Crippen molar-refractivity contribution in [3.05, 3.63) is 89.2 Å². The molecule has 1 aliphatic heterocycles. The van der Waals surface area contributed by atoms with E-state index in [1.807, 2.05) is 0 Å². The molecule has 0 saturated carbocycles. The number of anilines is 1. The number of benzene rings is 3. The minimum absolute atomic E-state index is 0.0120. The third-order valence-electron chi connectivity index (χ3n) is 6.78. The van der Waals surface area contributed by atoms with Crippen LogP contribution < -0.4 is 14.8 Å². The maximum Gasteiger partial charge on any atom is 0.416 e. The van der Waals surface area contributed by atoms with Crippen molar-refractivity contribution in [3.8, 4) is 11.5 Å². The van der Waals surface area contributed by atoms with Gasteiger partial charge in [-0.1, -0.05) is 18.2 Å². The Morgan fingerprint density at radius 2 is 1.65 bits per heavy atom. The van der Waals surface area contributed by atoms with Crippen LogP contribution in [0.1, 0.15) is 29.2 Å². The summed E-state index contributed by atoms with van der Waals surface area (Å²) in [5.74, 6) is -0.0112. The number of nitrogens with one attached hydrogen (secondary N) is 1. The Morgan fingerprint density at radius 3 is 2.26 bits per heavy atom. The maximum atomic E-state index is 13.7. The number of halogens is 4. The zero-order valence-corrected chi connectivity index (χ0v) is 23.7. The predicted molar refractivity (Wildman–Crippen MR) is 151 cm³/mol. The van der Waals surface area contributed by atoms with Gasteiger partial charge in [0, 0.05) is 25.8 Å². The van der Waals surface area contributed by atoms with Gasteiger partial charge in [0.05, 0.1) is 38.1 Å². The van der Waals surface area contributed by atoms with Gasteiger partial charge >= 0.3 is 12.2 Å². The minimum Gasteiger partial charge on any atom is -0.493 e. The van der Waals surface area contributed by atoms with Gasteiger partial charge < -0.3 is 24.4 Å².